The molecule has 1 N–H and O–H groups in total. The van der Waals surface area contributed by atoms with E-state index in [1.165, 1.54) is 16.5 Å². The molecule has 0 bridgehead atoms. The monoisotopic (exact) mass is 298 g/mol. The summed E-state index contributed by atoms with van der Waals surface area (Å²) in [6.07, 6.45) is 6.51. The first-order valence-electron chi connectivity index (χ1n) is 7.63. The van der Waals surface area contributed by atoms with Crippen molar-refractivity contribution in [2.24, 2.45) is 0 Å². The van der Waals surface area contributed by atoms with Gasteiger partial charge in [-0.05, 0) is 40.8 Å². The summed E-state index contributed by atoms with van der Waals surface area (Å²) in [5.74, 6) is 6.48. The molecule has 0 fully saturated rings. The fourth-order valence-electron chi connectivity index (χ4n) is 2.47. The second-order valence-corrected chi connectivity index (χ2v) is 5.18. The van der Waals surface area contributed by atoms with Gasteiger partial charge in [-0.3, -0.25) is 0 Å². The van der Waals surface area contributed by atoms with Gasteiger partial charge in [-0.1, -0.05) is 54.5 Å². The van der Waals surface area contributed by atoms with Crippen molar-refractivity contribution in [1.29, 1.82) is 0 Å². The highest BCUT2D eigenvalue weighted by molar-refractivity contribution is 5.86. The van der Waals surface area contributed by atoms with E-state index in [9.17, 15) is 0 Å². The summed E-state index contributed by atoms with van der Waals surface area (Å²) in [4.78, 5) is 4.41. The second kappa shape index (κ2) is 7.29. The lowest BCUT2D eigenvalue weighted by Gasteiger charge is -2.02. The molecule has 3 aromatic rings. The lowest BCUT2D eigenvalue weighted by atomic mass is 10.0. The van der Waals surface area contributed by atoms with Crippen LogP contribution in [0.5, 0.6) is 0 Å². The van der Waals surface area contributed by atoms with Crippen LogP contribution in [0, 0.1) is 11.8 Å². The lowest BCUT2D eigenvalue weighted by molar-refractivity contribution is 1.11. The van der Waals surface area contributed by atoms with Crippen molar-refractivity contribution in [1.82, 2.24) is 10.3 Å². The Labute approximate surface area is 136 Å². The van der Waals surface area contributed by atoms with Crippen LogP contribution >= 0.6 is 0 Å². The van der Waals surface area contributed by atoms with Crippen LogP contribution in [0.1, 0.15) is 16.8 Å². The number of pyridine rings is 1. The molecule has 1 heterocycles. The summed E-state index contributed by atoms with van der Waals surface area (Å²) in [7, 11) is 1.89. The van der Waals surface area contributed by atoms with Gasteiger partial charge in [0.15, 0.2) is 0 Å². The molecule has 1 aromatic heterocycles. The van der Waals surface area contributed by atoms with E-state index in [-0.39, 0.29) is 0 Å². The molecule has 2 nitrogen and oxygen atoms in total. The van der Waals surface area contributed by atoms with Crippen molar-refractivity contribution < 1.29 is 0 Å². The van der Waals surface area contributed by atoms with Crippen LogP contribution in [0.2, 0.25) is 0 Å². The van der Waals surface area contributed by atoms with Crippen molar-refractivity contribution in [3.05, 3.63) is 83.8 Å². The Morgan fingerprint density at radius 1 is 1.04 bits per heavy atom. The molecule has 112 valence electrons. The summed E-state index contributed by atoms with van der Waals surface area (Å²) >= 11 is 0. The predicted molar refractivity (Wildman–Crippen MR) is 96.9 cm³/mol. The predicted octanol–water partition coefficient (Wildman–Crippen LogP) is 4.02. The Kier molecular flexibility index (Phi) is 4.71. The fraction of sp³-hybridized carbons (Fsp3) is 0.0952. The Morgan fingerprint density at radius 2 is 1.87 bits per heavy atom. The summed E-state index contributed by atoms with van der Waals surface area (Å²) in [5, 5.41) is 5.29. The molecule has 0 unspecified atom stereocenters. The van der Waals surface area contributed by atoms with E-state index in [2.05, 4.69) is 52.5 Å². The first kappa shape index (κ1) is 14.9. The van der Waals surface area contributed by atoms with Crippen LogP contribution in [0.15, 0.2) is 67.0 Å². The zero-order chi connectivity index (χ0) is 15.9. The standard InChI is InChI=1S/C21H18N2/c1-22-15-13-18-8-3-2-7-17(18)10-6-12-21-20-11-5-4-9-19(20)14-16-23-21/h2-5,7-9,11,13-16,22H,10H2,1H3/b15-13-. The highest BCUT2D eigenvalue weighted by Gasteiger charge is 1.99. The Balaban J connectivity index is 1.87. The molecule has 2 heteroatoms. The van der Waals surface area contributed by atoms with E-state index in [0.29, 0.717) is 6.42 Å². The first-order valence-corrected chi connectivity index (χ1v) is 7.63. The summed E-state index contributed by atoms with van der Waals surface area (Å²) in [6, 6.07) is 18.5. The normalized spacial score (nSPS) is 10.5. The summed E-state index contributed by atoms with van der Waals surface area (Å²) in [5.41, 5.74) is 3.24. The zero-order valence-corrected chi connectivity index (χ0v) is 13.1. The van der Waals surface area contributed by atoms with Gasteiger partial charge >= 0.3 is 0 Å². The second-order valence-electron chi connectivity index (χ2n) is 5.18. The minimum Gasteiger partial charge on any atom is -0.394 e. The van der Waals surface area contributed by atoms with Gasteiger partial charge in [0.1, 0.15) is 5.69 Å². The molecule has 0 saturated heterocycles. The van der Waals surface area contributed by atoms with Crippen LogP contribution in [0.4, 0.5) is 0 Å². The molecule has 0 aliphatic carbocycles. The van der Waals surface area contributed by atoms with E-state index < -0.39 is 0 Å². The van der Waals surface area contributed by atoms with E-state index >= 15 is 0 Å². The van der Waals surface area contributed by atoms with E-state index in [0.717, 1.165) is 11.1 Å². The number of nitrogens with zero attached hydrogens (tertiary/aromatic N) is 1. The number of hydrogen-bond acceptors (Lipinski definition) is 2. The van der Waals surface area contributed by atoms with Crippen molar-refractivity contribution >= 4 is 16.8 Å². The summed E-state index contributed by atoms with van der Waals surface area (Å²) < 4.78 is 0. The van der Waals surface area contributed by atoms with Gasteiger partial charge in [-0.2, -0.15) is 0 Å². The van der Waals surface area contributed by atoms with Gasteiger partial charge in [-0.15, -0.1) is 0 Å². The smallest absolute Gasteiger partial charge is 0.120 e. The van der Waals surface area contributed by atoms with Gasteiger partial charge in [0, 0.05) is 25.1 Å². The minimum absolute atomic E-state index is 0.704. The minimum atomic E-state index is 0.704. The van der Waals surface area contributed by atoms with E-state index in [1.54, 1.807) is 0 Å². The maximum atomic E-state index is 4.41. The highest BCUT2D eigenvalue weighted by Crippen LogP contribution is 2.15. The van der Waals surface area contributed by atoms with Crippen LogP contribution in [0.25, 0.3) is 16.8 Å². The van der Waals surface area contributed by atoms with E-state index in [4.69, 9.17) is 0 Å². The average Bonchev–Trinajstić information content (AvgIpc) is 2.61. The zero-order valence-electron chi connectivity index (χ0n) is 13.1. The highest BCUT2D eigenvalue weighted by atomic mass is 14.8. The van der Waals surface area contributed by atoms with Crippen molar-refractivity contribution in [2.75, 3.05) is 7.05 Å². The maximum Gasteiger partial charge on any atom is 0.120 e. The molecule has 23 heavy (non-hydrogen) atoms. The third-order valence-corrected chi connectivity index (χ3v) is 3.64. The topological polar surface area (TPSA) is 24.9 Å². The Bertz CT molecular complexity index is 893. The Hall–Kier alpha value is -3.05. The largest absolute Gasteiger partial charge is 0.394 e. The number of hydrogen-bond donors (Lipinski definition) is 1. The Morgan fingerprint density at radius 3 is 2.78 bits per heavy atom. The van der Waals surface area contributed by atoms with Crippen molar-refractivity contribution in [3.63, 3.8) is 0 Å². The third-order valence-electron chi connectivity index (χ3n) is 3.64. The number of fused-ring (bicyclic) bond motifs is 1. The SMILES string of the molecule is CN/C=C\c1ccccc1CC#Cc1nccc2ccccc12. The maximum absolute atomic E-state index is 4.41. The van der Waals surface area contributed by atoms with Crippen LogP contribution in [-0.2, 0) is 6.42 Å². The number of nitrogens with one attached hydrogen (secondary N) is 1. The van der Waals surface area contributed by atoms with Crippen LogP contribution in [0.3, 0.4) is 0 Å². The number of benzene rings is 2. The number of aromatic nitrogens is 1. The molecular formula is C21H18N2. The van der Waals surface area contributed by atoms with Gasteiger partial charge in [0.05, 0.1) is 0 Å². The first-order chi connectivity index (χ1) is 11.4. The molecule has 0 aliphatic rings. The van der Waals surface area contributed by atoms with Crippen LogP contribution < -0.4 is 5.32 Å². The molecule has 3 rings (SSSR count). The fourth-order valence-corrected chi connectivity index (χ4v) is 2.47. The third kappa shape index (κ3) is 3.59. The molecular weight excluding hydrogens is 280 g/mol. The molecule has 2 aromatic carbocycles. The molecule has 0 amide bonds. The average molecular weight is 298 g/mol. The molecule has 0 atom stereocenters. The van der Waals surface area contributed by atoms with Crippen molar-refractivity contribution in [2.45, 2.75) is 6.42 Å². The molecule has 0 saturated carbocycles. The summed E-state index contributed by atoms with van der Waals surface area (Å²) in [6.45, 7) is 0. The molecule has 0 spiro atoms. The van der Waals surface area contributed by atoms with Crippen LogP contribution in [-0.4, -0.2) is 12.0 Å². The van der Waals surface area contributed by atoms with Gasteiger partial charge in [0.25, 0.3) is 0 Å². The van der Waals surface area contributed by atoms with Gasteiger partial charge < -0.3 is 5.32 Å². The lowest BCUT2D eigenvalue weighted by Crippen LogP contribution is -1.93. The quantitative estimate of drug-likeness (QED) is 0.739. The molecule has 0 aliphatic heterocycles. The van der Waals surface area contributed by atoms with E-state index in [1.807, 2.05) is 49.8 Å². The van der Waals surface area contributed by atoms with Crippen molar-refractivity contribution in [3.8, 4) is 11.8 Å². The molecule has 0 radical (unpaired) electrons. The van der Waals surface area contributed by atoms with Gasteiger partial charge in [0.2, 0.25) is 0 Å². The van der Waals surface area contributed by atoms with Gasteiger partial charge in [-0.25, -0.2) is 4.98 Å². The number of rotatable bonds is 3.